The molecule has 114 valence electrons. The van der Waals surface area contributed by atoms with Gasteiger partial charge in [0.2, 0.25) is 0 Å². The summed E-state index contributed by atoms with van der Waals surface area (Å²) in [5.41, 5.74) is 1.91. The second kappa shape index (κ2) is 6.18. The molecule has 1 aromatic carbocycles. The monoisotopic (exact) mass is 333 g/mol. The van der Waals surface area contributed by atoms with Crippen molar-refractivity contribution in [2.24, 2.45) is 5.10 Å². The summed E-state index contributed by atoms with van der Waals surface area (Å²) in [4.78, 5) is 26.2. The van der Waals surface area contributed by atoms with E-state index >= 15 is 0 Å². The molecular formula is C15H15N3O2S2. The molecule has 1 fully saturated rings. The third-order valence-electron chi connectivity index (χ3n) is 3.56. The number of hydrazone groups is 1. The second-order valence-corrected chi connectivity index (χ2v) is 6.65. The largest absolute Gasteiger partial charge is 0.306 e. The quantitative estimate of drug-likeness (QED) is 0.794. The van der Waals surface area contributed by atoms with Crippen LogP contribution in [0, 0.1) is 0 Å². The molecule has 0 aliphatic carbocycles. The van der Waals surface area contributed by atoms with Gasteiger partial charge in [0, 0.05) is 12.1 Å². The Balaban J connectivity index is 2.00. The van der Waals surface area contributed by atoms with Crippen molar-refractivity contribution in [2.75, 3.05) is 17.2 Å². The summed E-state index contributed by atoms with van der Waals surface area (Å²) >= 11 is 6.39. The van der Waals surface area contributed by atoms with Gasteiger partial charge in [-0.25, -0.2) is 0 Å². The number of thiocarbonyl (C=S) groups is 1. The molecule has 2 heterocycles. The van der Waals surface area contributed by atoms with Crippen LogP contribution in [0.2, 0.25) is 0 Å². The average Bonchev–Trinajstić information content (AvgIpc) is 2.98. The van der Waals surface area contributed by atoms with Crippen molar-refractivity contribution >= 4 is 51.5 Å². The molecule has 0 N–H and O–H groups in total. The number of carbonyl (C=O) groups is 2. The first-order valence-corrected chi connectivity index (χ1v) is 8.52. The maximum Gasteiger partial charge on any atom is 0.279 e. The smallest absolute Gasteiger partial charge is 0.279 e. The van der Waals surface area contributed by atoms with Gasteiger partial charge in [-0.2, -0.15) is 10.1 Å². The molecule has 2 aliphatic rings. The highest BCUT2D eigenvalue weighted by atomic mass is 32.2. The second-order valence-electron chi connectivity index (χ2n) is 5.04. The summed E-state index contributed by atoms with van der Waals surface area (Å²) in [6.07, 6.45) is 1.92. The summed E-state index contributed by atoms with van der Waals surface area (Å²) in [6.45, 7) is 2.73. The van der Waals surface area contributed by atoms with Crippen LogP contribution in [0.25, 0.3) is 0 Å². The van der Waals surface area contributed by atoms with Crippen molar-refractivity contribution in [3.05, 3.63) is 29.8 Å². The van der Waals surface area contributed by atoms with Crippen LogP contribution in [0.3, 0.4) is 0 Å². The molecule has 0 unspecified atom stereocenters. The van der Waals surface area contributed by atoms with E-state index in [4.69, 9.17) is 12.2 Å². The minimum atomic E-state index is -0.181. The summed E-state index contributed by atoms with van der Waals surface area (Å²) < 4.78 is 0.398. The molecule has 0 aromatic heterocycles. The highest BCUT2D eigenvalue weighted by Crippen LogP contribution is 2.30. The Bertz CT molecular complexity index is 671. The van der Waals surface area contributed by atoms with Gasteiger partial charge in [-0.1, -0.05) is 55.5 Å². The Morgan fingerprint density at radius 2 is 2.09 bits per heavy atom. The van der Waals surface area contributed by atoms with E-state index in [1.807, 2.05) is 24.3 Å². The van der Waals surface area contributed by atoms with Crippen LogP contribution >= 0.6 is 24.0 Å². The molecular weight excluding hydrogens is 318 g/mol. The summed E-state index contributed by atoms with van der Waals surface area (Å²) in [7, 11) is 0. The predicted octanol–water partition coefficient (Wildman–Crippen LogP) is 2.40. The Labute approximate surface area is 138 Å². The summed E-state index contributed by atoms with van der Waals surface area (Å²) in [6, 6.07) is 7.53. The molecule has 3 rings (SSSR count). The number of unbranched alkanes of at least 4 members (excludes halogenated alkanes) is 1. The minimum Gasteiger partial charge on any atom is -0.306 e. The van der Waals surface area contributed by atoms with Gasteiger partial charge in [0.05, 0.1) is 11.4 Å². The van der Waals surface area contributed by atoms with Crippen molar-refractivity contribution < 1.29 is 9.59 Å². The summed E-state index contributed by atoms with van der Waals surface area (Å²) in [5, 5.41) is 5.44. The van der Waals surface area contributed by atoms with Gasteiger partial charge in [0.1, 0.15) is 0 Å². The maximum absolute atomic E-state index is 12.7. The lowest BCUT2D eigenvalue weighted by Crippen LogP contribution is -2.33. The molecule has 22 heavy (non-hydrogen) atoms. The topological polar surface area (TPSA) is 53.0 Å². The normalized spacial score (nSPS) is 19.5. The number of rotatable bonds is 4. The molecule has 2 aliphatic heterocycles. The number of benzene rings is 1. The molecule has 0 atom stereocenters. The fourth-order valence-electron chi connectivity index (χ4n) is 2.44. The minimum absolute atomic E-state index is 0.165. The zero-order chi connectivity index (χ0) is 15.7. The number of nitrogens with zero attached hydrogens (tertiary/aromatic N) is 3. The standard InChI is InChI=1S/C15H15N3O2S2/c1-2-3-8-17-11-7-5-4-6-10(11)13(14(17)20)16-18-12(19)9-22-15(18)21/h4-7H,2-3,8-9H2,1H3. The Morgan fingerprint density at radius 1 is 1.32 bits per heavy atom. The number of carbonyl (C=O) groups excluding carboxylic acids is 2. The molecule has 1 saturated heterocycles. The fourth-order valence-corrected chi connectivity index (χ4v) is 3.39. The molecule has 0 radical (unpaired) electrons. The number of hydrogen-bond acceptors (Lipinski definition) is 5. The van der Waals surface area contributed by atoms with Crippen molar-refractivity contribution in [1.82, 2.24) is 5.01 Å². The molecule has 5 nitrogen and oxygen atoms in total. The first-order chi connectivity index (χ1) is 10.6. The number of anilines is 1. The predicted molar refractivity (Wildman–Crippen MR) is 92.1 cm³/mol. The van der Waals surface area contributed by atoms with Crippen molar-refractivity contribution in [3.8, 4) is 0 Å². The van der Waals surface area contributed by atoms with Crippen molar-refractivity contribution in [1.29, 1.82) is 0 Å². The van der Waals surface area contributed by atoms with E-state index in [-0.39, 0.29) is 17.6 Å². The van der Waals surface area contributed by atoms with E-state index in [1.165, 1.54) is 16.8 Å². The molecule has 7 heteroatoms. The average molecular weight is 333 g/mol. The zero-order valence-corrected chi connectivity index (χ0v) is 13.7. The first-order valence-electron chi connectivity index (χ1n) is 7.13. The van der Waals surface area contributed by atoms with Crippen LogP contribution in [0.4, 0.5) is 5.69 Å². The van der Waals surface area contributed by atoms with Gasteiger partial charge in [0.25, 0.3) is 11.8 Å². The van der Waals surface area contributed by atoms with E-state index in [2.05, 4.69) is 12.0 Å². The lowest BCUT2D eigenvalue weighted by molar-refractivity contribution is -0.124. The number of fused-ring (bicyclic) bond motifs is 1. The lowest BCUT2D eigenvalue weighted by atomic mass is 10.1. The van der Waals surface area contributed by atoms with Crippen molar-refractivity contribution in [3.63, 3.8) is 0 Å². The number of amides is 2. The zero-order valence-electron chi connectivity index (χ0n) is 12.1. The molecule has 0 bridgehead atoms. The van der Waals surface area contributed by atoms with E-state index < -0.39 is 0 Å². The first kappa shape index (κ1) is 15.2. The van der Waals surface area contributed by atoms with Crippen LogP contribution in [-0.2, 0) is 9.59 Å². The third kappa shape index (κ3) is 2.55. The highest BCUT2D eigenvalue weighted by Gasteiger charge is 2.36. The SMILES string of the molecule is CCCCN1C(=O)C(=NN2C(=O)CSC2=S)c2ccccc21. The number of thioether (sulfide) groups is 1. The van der Waals surface area contributed by atoms with Crippen LogP contribution < -0.4 is 4.90 Å². The number of hydrogen-bond donors (Lipinski definition) is 0. The third-order valence-corrected chi connectivity index (χ3v) is 4.90. The van der Waals surface area contributed by atoms with Crippen LogP contribution in [0.1, 0.15) is 25.3 Å². The Morgan fingerprint density at radius 3 is 2.77 bits per heavy atom. The van der Waals surface area contributed by atoms with Crippen LogP contribution in [0.5, 0.6) is 0 Å². The maximum atomic E-state index is 12.7. The van der Waals surface area contributed by atoms with Gasteiger partial charge in [-0.05, 0) is 12.5 Å². The van der Waals surface area contributed by atoms with Crippen molar-refractivity contribution in [2.45, 2.75) is 19.8 Å². The van der Waals surface area contributed by atoms with E-state index in [1.54, 1.807) is 4.90 Å². The van der Waals surface area contributed by atoms with Gasteiger partial charge >= 0.3 is 0 Å². The highest BCUT2D eigenvalue weighted by molar-refractivity contribution is 8.23. The summed E-state index contributed by atoms with van der Waals surface area (Å²) in [5.74, 6) is -0.0627. The van der Waals surface area contributed by atoms with Gasteiger partial charge in [0.15, 0.2) is 10.0 Å². The van der Waals surface area contributed by atoms with Gasteiger partial charge in [-0.15, -0.1) is 0 Å². The Hall–Kier alpha value is -1.73. The fraction of sp³-hybridized carbons (Fsp3) is 0.333. The van der Waals surface area contributed by atoms with E-state index in [9.17, 15) is 9.59 Å². The van der Waals surface area contributed by atoms with Crippen LogP contribution in [0.15, 0.2) is 29.4 Å². The van der Waals surface area contributed by atoms with Gasteiger partial charge < -0.3 is 4.90 Å². The van der Waals surface area contributed by atoms with E-state index in [0.29, 0.717) is 16.6 Å². The van der Waals surface area contributed by atoms with Crippen LogP contribution in [-0.4, -0.2) is 39.2 Å². The molecule has 2 amide bonds. The van der Waals surface area contributed by atoms with E-state index in [0.717, 1.165) is 24.1 Å². The Kier molecular flexibility index (Phi) is 4.26. The molecule has 0 spiro atoms. The molecule has 0 saturated carbocycles. The van der Waals surface area contributed by atoms with Gasteiger partial charge in [-0.3, -0.25) is 9.59 Å². The lowest BCUT2D eigenvalue weighted by Gasteiger charge is -2.16. The molecule has 1 aromatic rings. The number of para-hydroxylation sites is 1.